The van der Waals surface area contributed by atoms with E-state index in [1.54, 1.807) is 30.5 Å². The van der Waals surface area contributed by atoms with Gasteiger partial charge in [-0.2, -0.15) is 5.10 Å². The quantitative estimate of drug-likeness (QED) is 0.893. The first-order valence-electron chi connectivity index (χ1n) is 6.92. The van der Waals surface area contributed by atoms with E-state index < -0.39 is 5.97 Å². The molecule has 0 spiro atoms. The number of aromatic nitrogens is 2. The number of hydrogen-bond donors (Lipinski definition) is 2. The van der Waals surface area contributed by atoms with E-state index in [4.69, 9.17) is 9.84 Å². The van der Waals surface area contributed by atoms with E-state index in [2.05, 4.69) is 10.4 Å². The van der Waals surface area contributed by atoms with Crippen molar-refractivity contribution in [2.45, 2.75) is 6.42 Å². The van der Waals surface area contributed by atoms with Gasteiger partial charge in [-0.25, -0.2) is 9.48 Å². The Hall–Kier alpha value is -2.67. The molecule has 7 heteroatoms. The molecule has 2 heterocycles. The number of amides is 1. The minimum Gasteiger partial charge on any atom is -0.476 e. The Morgan fingerprint density at radius 1 is 1.32 bits per heavy atom. The molecular weight excluding hydrogens is 286 g/mol. The number of ether oxygens (including phenoxy) is 1. The lowest BCUT2D eigenvalue weighted by atomic mass is 10.1. The number of carbonyl (C=O) groups is 2. The van der Waals surface area contributed by atoms with Gasteiger partial charge in [0.25, 0.3) is 0 Å². The summed E-state index contributed by atoms with van der Waals surface area (Å²) in [6, 6.07) is 8.52. The van der Waals surface area contributed by atoms with Crippen molar-refractivity contribution in [2.24, 2.45) is 5.92 Å². The maximum atomic E-state index is 12.2. The molecule has 2 N–H and O–H groups in total. The predicted octanol–water partition coefficient (Wildman–Crippen LogP) is 1.55. The van der Waals surface area contributed by atoms with Crippen LogP contribution >= 0.6 is 0 Å². The first kappa shape index (κ1) is 14.3. The Bertz CT molecular complexity index is 704. The molecule has 3 rings (SSSR count). The number of carbonyl (C=O) groups excluding carboxylic acids is 1. The Labute approximate surface area is 126 Å². The fraction of sp³-hybridized carbons (Fsp3) is 0.267. The Morgan fingerprint density at radius 2 is 2.14 bits per heavy atom. The van der Waals surface area contributed by atoms with Crippen LogP contribution in [0.5, 0.6) is 0 Å². The van der Waals surface area contributed by atoms with Gasteiger partial charge in [-0.05, 0) is 24.6 Å². The standard InChI is InChI=1S/C15H15N3O4/c19-14(10-6-8-22-9-10)16-11-3-1-2-4-13(11)18-7-5-12(17-18)15(20)21/h1-5,7,10H,6,8-9H2,(H,16,19)(H,20,21). The van der Waals surface area contributed by atoms with Gasteiger partial charge in [-0.1, -0.05) is 12.1 Å². The molecule has 1 atom stereocenters. The van der Waals surface area contributed by atoms with Crippen molar-refractivity contribution >= 4 is 17.6 Å². The lowest BCUT2D eigenvalue weighted by Gasteiger charge is -2.13. The van der Waals surface area contributed by atoms with Gasteiger partial charge < -0.3 is 15.2 Å². The number of carboxylic acid groups (broad SMARTS) is 1. The molecule has 1 aliphatic heterocycles. The Kier molecular flexibility index (Phi) is 3.88. The first-order chi connectivity index (χ1) is 10.6. The van der Waals surface area contributed by atoms with Crippen molar-refractivity contribution in [3.05, 3.63) is 42.2 Å². The molecule has 1 aromatic heterocycles. The van der Waals surface area contributed by atoms with Crippen molar-refractivity contribution in [3.8, 4) is 5.69 Å². The summed E-state index contributed by atoms with van der Waals surface area (Å²) in [5, 5.41) is 15.8. The lowest BCUT2D eigenvalue weighted by Crippen LogP contribution is -2.23. The highest BCUT2D eigenvalue weighted by atomic mass is 16.5. The average Bonchev–Trinajstić information content (AvgIpc) is 3.19. The molecule has 7 nitrogen and oxygen atoms in total. The van der Waals surface area contributed by atoms with Crippen LogP contribution in [0.2, 0.25) is 0 Å². The zero-order valence-corrected chi connectivity index (χ0v) is 11.7. The second kappa shape index (κ2) is 5.98. The zero-order chi connectivity index (χ0) is 15.5. The molecule has 0 bridgehead atoms. The number of hydrogen-bond acceptors (Lipinski definition) is 4. The molecule has 0 saturated carbocycles. The van der Waals surface area contributed by atoms with Gasteiger partial charge in [-0.15, -0.1) is 0 Å². The number of carboxylic acids is 1. The van der Waals surface area contributed by atoms with Crippen LogP contribution in [0.1, 0.15) is 16.9 Å². The molecule has 2 aromatic rings. The molecule has 1 amide bonds. The second-order valence-electron chi connectivity index (χ2n) is 5.02. The number of nitrogens with one attached hydrogen (secondary N) is 1. The molecular formula is C15H15N3O4. The third-order valence-corrected chi connectivity index (χ3v) is 3.52. The number of anilines is 1. The van der Waals surface area contributed by atoms with Gasteiger partial charge >= 0.3 is 5.97 Å². The summed E-state index contributed by atoms with van der Waals surface area (Å²) in [6.07, 6.45) is 2.26. The van der Waals surface area contributed by atoms with Crippen molar-refractivity contribution in [3.63, 3.8) is 0 Å². The van der Waals surface area contributed by atoms with E-state index >= 15 is 0 Å². The summed E-state index contributed by atoms with van der Waals surface area (Å²) >= 11 is 0. The lowest BCUT2D eigenvalue weighted by molar-refractivity contribution is -0.119. The normalized spacial score (nSPS) is 17.4. The van der Waals surface area contributed by atoms with Gasteiger partial charge in [-0.3, -0.25) is 4.79 Å². The summed E-state index contributed by atoms with van der Waals surface area (Å²) in [5.41, 5.74) is 1.15. The largest absolute Gasteiger partial charge is 0.476 e. The summed E-state index contributed by atoms with van der Waals surface area (Å²) in [5.74, 6) is -1.35. The minimum absolute atomic E-state index is 0.0506. The van der Waals surface area contributed by atoms with Crippen LogP contribution in [0, 0.1) is 5.92 Å². The van der Waals surface area contributed by atoms with Gasteiger partial charge in [0.2, 0.25) is 5.91 Å². The van der Waals surface area contributed by atoms with Crippen molar-refractivity contribution in [1.82, 2.24) is 9.78 Å². The highest BCUT2D eigenvalue weighted by molar-refractivity contribution is 5.94. The fourth-order valence-corrected chi connectivity index (χ4v) is 2.33. The smallest absolute Gasteiger partial charge is 0.356 e. The van der Waals surface area contributed by atoms with Crippen LogP contribution < -0.4 is 5.32 Å². The zero-order valence-electron chi connectivity index (χ0n) is 11.7. The van der Waals surface area contributed by atoms with E-state index in [9.17, 15) is 9.59 Å². The molecule has 22 heavy (non-hydrogen) atoms. The van der Waals surface area contributed by atoms with Gasteiger partial charge in [0.05, 0.1) is 23.9 Å². The summed E-state index contributed by atoms with van der Waals surface area (Å²) in [6.45, 7) is 1.03. The molecule has 0 aliphatic carbocycles. The second-order valence-corrected chi connectivity index (χ2v) is 5.02. The average molecular weight is 301 g/mol. The molecule has 1 aliphatic rings. The Balaban J connectivity index is 1.85. The first-order valence-corrected chi connectivity index (χ1v) is 6.92. The maximum absolute atomic E-state index is 12.2. The minimum atomic E-state index is -1.09. The predicted molar refractivity (Wildman–Crippen MR) is 78.1 cm³/mol. The highest BCUT2D eigenvalue weighted by Gasteiger charge is 2.24. The van der Waals surface area contributed by atoms with Crippen LogP contribution in [0.4, 0.5) is 5.69 Å². The number of rotatable bonds is 4. The van der Waals surface area contributed by atoms with E-state index in [1.807, 2.05) is 0 Å². The topological polar surface area (TPSA) is 93.5 Å². The van der Waals surface area contributed by atoms with Gasteiger partial charge in [0.15, 0.2) is 5.69 Å². The van der Waals surface area contributed by atoms with Gasteiger partial charge in [0, 0.05) is 12.8 Å². The third-order valence-electron chi connectivity index (χ3n) is 3.52. The van der Waals surface area contributed by atoms with Crippen LogP contribution in [-0.2, 0) is 9.53 Å². The van der Waals surface area contributed by atoms with Crippen molar-refractivity contribution in [1.29, 1.82) is 0 Å². The van der Waals surface area contributed by atoms with Crippen molar-refractivity contribution in [2.75, 3.05) is 18.5 Å². The van der Waals surface area contributed by atoms with Gasteiger partial charge in [0.1, 0.15) is 0 Å². The monoisotopic (exact) mass is 301 g/mol. The SMILES string of the molecule is O=C(O)c1ccn(-c2ccccc2NC(=O)C2CCOC2)n1. The van der Waals surface area contributed by atoms with Crippen LogP contribution in [0.15, 0.2) is 36.5 Å². The molecule has 1 unspecified atom stereocenters. The fourth-order valence-electron chi connectivity index (χ4n) is 2.33. The number of aromatic carboxylic acids is 1. The van der Waals surface area contributed by atoms with E-state index in [0.29, 0.717) is 31.0 Å². The summed E-state index contributed by atoms with van der Waals surface area (Å²) in [7, 11) is 0. The molecule has 0 radical (unpaired) electrons. The molecule has 1 saturated heterocycles. The van der Waals surface area contributed by atoms with E-state index in [-0.39, 0.29) is 17.5 Å². The Morgan fingerprint density at radius 3 is 2.82 bits per heavy atom. The highest BCUT2D eigenvalue weighted by Crippen LogP contribution is 2.22. The summed E-state index contributed by atoms with van der Waals surface area (Å²) in [4.78, 5) is 23.1. The van der Waals surface area contributed by atoms with E-state index in [0.717, 1.165) is 0 Å². The molecule has 114 valence electrons. The summed E-state index contributed by atoms with van der Waals surface area (Å²) < 4.78 is 6.65. The molecule has 1 aromatic carbocycles. The number of benzene rings is 1. The third kappa shape index (κ3) is 2.84. The maximum Gasteiger partial charge on any atom is 0.356 e. The van der Waals surface area contributed by atoms with Crippen molar-refractivity contribution < 1.29 is 19.4 Å². The van der Waals surface area contributed by atoms with E-state index in [1.165, 1.54) is 10.7 Å². The van der Waals surface area contributed by atoms with Crippen LogP contribution in [-0.4, -0.2) is 40.0 Å². The van der Waals surface area contributed by atoms with Crippen LogP contribution in [0.25, 0.3) is 5.69 Å². The number of para-hydroxylation sites is 2. The van der Waals surface area contributed by atoms with Crippen LogP contribution in [0.3, 0.4) is 0 Å². The molecule has 1 fully saturated rings. The number of nitrogens with zero attached hydrogens (tertiary/aromatic N) is 2.